The van der Waals surface area contributed by atoms with Gasteiger partial charge in [-0.1, -0.05) is 25.1 Å². The molecule has 0 saturated heterocycles. The molecular weight excluding hydrogens is 272 g/mol. The third-order valence-corrected chi connectivity index (χ3v) is 4.38. The van der Waals surface area contributed by atoms with Gasteiger partial charge in [0.2, 0.25) is 0 Å². The molecule has 2 aromatic rings. The summed E-state index contributed by atoms with van der Waals surface area (Å²) in [6, 6.07) is 8.51. The molecule has 1 N–H and O–H groups in total. The molecule has 0 aliphatic carbocycles. The first-order valence-electron chi connectivity index (χ1n) is 6.96. The minimum atomic E-state index is -2.87. The first kappa shape index (κ1) is 15.1. The molecule has 0 aliphatic heterocycles. The van der Waals surface area contributed by atoms with Gasteiger partial charge in [-0.2, -0.15) is 0 Å². The molecule has 20 heavy (non-hydrogen) atoms. The molecule has 1 aromatic heterocycles. The SMILES string of the molecule is CCc1cccc2ccn(CCNCCS(C)(=O)=O)c12. The number of nitrogens with zero attached hydrogens (tertiary/aromatic N) is 1. The molecule has 0 saturated carbocycles. The second-order valence-corrected chi connectivity index (χ2v) is 7.36. The van der Waals surface area contributed by atoms with E-state index < -0.39 is 9.84 Å². The molecule has 1 aromatic carbocycles. The van der Waals surface area contributed by atoms with Crippen LogP contribution in [0.5, 0.6) is 0 Å². The number of hydrogen-bond donors (Lipinski definition) is 1. The lowest BCUT2D eigenvalue weighted by molar-refractivity contribution is 0.589. The van der Waals surface area contributed by atoms with Crippen molar-refractivity contribution < 1.29 is 8.42 Å². The number of rotatable bonds is 7. The quantitative estimate of drug-likeness (QED) is 0.793. The highest BCUT2D eigenvalue weighted by molar-refractivity contribution is 7.90. The van der Waals surface area contributed by atoms with E-state index in [1.807, 2.05) is 0 Å². The van der Waals surface area contributed by atoms with Crippen molar-refractivity contribution in [1.82, 2.24) is 9.88 Å². The van der Waals surface area contributed by atoms with Gasteiger partial charge in [0, 0.05) is 32.1 Å². The van der Waals surface area contributed by atoms with E-state index in [9.17, 15) is 8.42 Å². The number of benzene rings is 1. The lowest BCUT2D eigenvalue weighted by Gasteiger charge is -2.09. The first-order chi connectivity index (χ1) is 9.51. The fraction of sp³-hybridized carbons (Fsp3) is 0.467. The second-order valence-electron chi connectivity index (χ2n) is 5.10. The normalized spacial score (nSPS) is 12.1. The maximum absolute atomic E-state index is 11.0. The smallest absolute Gasteiger partial charge is 0.148 e. The Kier molecular flexibility index (Phi) is 4.83. The Hall–Kier alpha value is -1.33. The number of aromatic nitrogens is 1. The van der Waals surface area contributed by atoms with Gasteiger partial charge in [-0.3, -0.25) is 0 Å². The maximum atomic E-state index is 11.0. The summed E-state index contributed by atoms with van der Waals surface area (Å²) in [5.41, 5.74) is 2.64. The van der Waals surface area contributed by atoms with E-state index in [1.165, 1.54) is 22.7 Å². The van der Waals surface area contributed by atoms with Gasteiger partial charge in [0.25, 0.3) is 0 Å². The minimum absolute atomic E-state index is 0.194. The van der Waals surface area contributed by atoms with Crippen LogP contribution in [0.3, 0.4) is 0 Å². The summed E-state index contributed by atoms with van der Waals surface area (Å²) in [5.74, 6) is 0.194. The van der Waals surface area contributed by atoms with Gasteiger partial charge in [0.15, 0.2) is 0 Å². The number of fused-ring (bicyclic) bond motifs is 1. The Balaban J connectivity index is 1.97. The van der Waals surface area contributed by atoms with Crippen LogP contribution in [-0.2, 0) is 22.8 Å². The zero-order chi connectivity index (χ0) is 14.6. The van der Waals surface area contributed by atoms with E-state index in [4.69, 9.17) is 0 Å². The van der Waals surface area contributed by atoms with Crippen LogP contribution in [0.2, 0.25) is 0 Å². The Morgan fingerprint density at radius 2 is 2.00 bits per heavy atom. The monoisotopic (exact) mass is 294 g/mol. The molecule has 0 atom stereocenters. The first-order valence-corrected chi connectivity index (χ1v) is 9.02. The van der Waals surface area contributed by atoms with Gasteiger partial charge >= 0.3 is 0 Å². The Labute approximate surface area is 120 Å². The highest BCUT2D eigenvalue weighted by atomic mass is 32.2. The third kappa shape index (κ3) is 3.84. The summed E-state index contributed by atoms with van der Waals surface area (Å²) in [7, 11) is -2.87. The zero-order valence-electron chi connectivity index (χ0n) is 12.1. The van der Waals surface area contributed by atoms with E-state index >= 15 is 0 Å². The Morgan fingerprint density at radius 3 is 2.70 bits per heavy atom. The molecule has 2 rings (SSSR count). The topological polar surface area (TPSA) is 51.1 Å². The molecule has 110 valence electrons. The number of aryl methyl sites for hydroxylation is 1. The molecule has 0 unspecified atom stereocenters. The average Bonchev–Trinajstić information content (AvgIpc) is 2.80. The van der Waals surface area contributed by atoms with E-state index in [1.54, 1.807) is 0 Å². The highest BCUT2D eigenvalue weighted by Gasteiger charge is 2.05. The van der Waals surface area contributed by atoms with Crippen molar-refractivity contribution in [2.75, 3.05) is 25.1 Å². The van der Waals surface area contributed by atoms with Crippen LogP contribution >= 0.6 is 0 Å². The van der Waals surface area contributed by atoms with Gasteiger partial charge in [-0.15, -0.1) is 0 Å². The molecular formula is C15H22N2O2S. The molecule has 4 nitrogen and oxygen atoms in total. The van der Waals surface area contributed by atoms with Crippen molar-refractivity contribution in [3.63, 3.8) is 0 Å². The largest absolute Gasteiger partial charge is 0.346 e. The summed E-state index contributed by atoms with van der Waals surface area (Å²) in [6.45, 7) is 4.30. The lowest BCUT2D eigenvalue weighted by atomic mass is 10.1. The number of nitrogens with one attached hydrogen (secondary N) is 1. The van der Waals surface area contributed by atoms with Crippen LogP contribution in [0.4, 0.5) is 0 Å². The fourth-order valence-corrected chi connectivity index (χ4v) is 2.91. The van der Waals surface area contributed by atoms with Gasteiger partial charge in [-0.05, 0) is 23.4 Å². The Morgan fingerprint density at radius 1 is 1.20 bits per heavy atom. The molecule has 0 radical (unpaired) electrons. The molecule has 0 amide bonds. The number of para-hydroxylation sites is 1. The van der Waals surface area contributed by atoms with Crippen LogP contribution in [-0.4, -0.2) is 38.1 Å². The maximum Gasteiger partial charge on any atom is 0.148 e. The van der Waals surface area contributed by atoms with Crippen LogP contribution < -0.4 is 5.32 Å². The van der Waals surface area contributed by atoms with Gasteiger partial charge < -0.3 is 9.88 Å². The van der Waals surface area contributed by atoms with E-state index in [0.717, 1.165) is 19.5 Å². The summed E-state index contributed by atoms with van der Waals surface area (Å²) < 4.78 is 24.3. The average molecular weight is 294 g/mol. The van der Waals surface area contributed by atoms with Gasteiger partial charge in [-0.25, -0.2) is 8.42 Å². The van der Waals surface area contributed by atoms with Crippen molar-refractivity contribution in [3.05, 3.63) is 36.0 Å². The Bertz CT molecular complexity index is 674. The van der Waals surface area contributed by atoms with Crippen molar-refractivity contribution in [3.8, 4) is 0 Å². The van der Waals surface area contributed by atoms with Crippen LogP contribution in [0.25, 0.3) is 10.9 Å². The molecule has 0 bridgehead atoms. The summed E-state index contributed by atoms with van der Waals surface area (Å²) in [6.07, 6.45) is 4.38. The number of hydrogen-bond acceptors (Lipinski definition) is 3. The molecule has 0 spiro atoms. The summed E-state index contributed by atoms with van der Waals surface area (Å²) in [5, 5.41) is 4.45. The predicted molar refractivity (Wildman–Crippen MR) is 83.9 cm³/mol. The fourth-order valence-electron chi connectivity index (χ4n) is 2.39. The van der Waals surface area contributed by atoms with E-state index in [-0.39, 0.29) is 5.75 Å². The zero-order valence-corrected chi connectivity index (χ0v) is 12.9. The summed E-state index contributed by atoms with van der Waals surface area (Å²) >= 11 is 0. The standard InChI is InChI=1S/C15H22N2O2S/c1-3-13-5-4-6-14-7-10-17(15(13)14)11-8-16-9-12-20(2,18)19/h4-7,10,16H,3,8-9,11-12H2,1-2H3. The van der Waals surface area contributed by atoms with Crippen molar-refractivity contribution in [2.45, 2.75) is 19.9 Å². The highest BCUT2D eigenvalue weighted by Crippen LogP contribution is 2.20. The predicted octanol–water partition coefficient (Wildman–Crippen LogP) is 1.84. The van der Waals surface area contributed by atoms with E-state index in [2.05, 4.69) is 47.3 Å². The molecule has 0 fully saturated rings. The third-order valence-electron chi connectivity index (χ3n) is 3.43. The second kappa shape index (κ2) is 6.41. The summed E-state index contributed by atoms with van der Waals surface area (Å²) in [4.78, 5) is 0. The van der Waals surface area contributed by atoms with Crippen LogP contribution in [0.1, 0.15) is 12.5 Å². The van der Waals surface area contributed by atoms with Crippen molar-refractivity contribution in [2.24, 2.45) is 0 Å². The molecule has 1 heterocycles. The van der Waals surface area contributed by atoms with Crippen LogP contribution in [0, 0.1) is 0 Å². The van der Waals surface area contributed by atoms with Crippen LogP contribution in [0.15, 0.2) is 30.5 Å². The van der Waals surface area contributed by atoms with Gasteiger partial charge in [0.05, 0.1) is 11.3 Å². The number of sulfone groups is 1. The van der Waals surface area contributed by atoms with E-state index in [0.29, 0.717) is 6.54 Å². The van der Waals surface area contributed by atoms with Crippen molar-refractivity contribution in [1.29, 1.82) is 0 Å². The molecule has 5 heteroatoms. The minimum Gasteiger partial charge on any atom is -0.346 e. The molecule has 0 aliphatic rings. The lowest BCUT2D eigenvalue weighted by Crippen LogP contribution is -2.25. The van der Waals surface area contributed by atoms with Gasteiger partial charge in [0.1, 0.15) is 9.84 Å². The van der Waals surface area contributed by atoms with Crippen molar-refractivity contribution >= 4 is 20.7 Å².